The van der Waals surface area contributed by atoms with Crippen molar-refractivity contribution in [2.45, 2.75) is 39.7 Å². The van der Waals surface area contributed by atoms with Crippen molar-refractivity contribution in [1.82, 2.24) is 5.32 Å². The van der Waals surface area contributed by atoms with E-state index in [4.69, 9.17) is 0 Å². The first-order chi connectivity index (χ1) is 9.49. The monoisotopic (exact) mass is 279 g/mol. The van der Waals surface area contributed by atoms with Gasteiger partial charge in [-0.25, -0.2) is 0 Å². The first-order valence-corrected chi connectivity index (χ1v) is 6.82. The van der Waals surface area contributed by atoms with Gasteiger partial charge in [0.2, 0.25) is 0 Å². The average molecular weight is 279 g/mol. The molecule has 1 amide bonds. The molecule has 0 aliphatic heterocycles. The van der Waals surface area contributed by atoms with E-state index in [1.54, 1.807) is 6.07 Å². The van der Waals surface area contributed by atoms with Crippen molar-refractivity contribution in [3.05, 3.63) is 33.9 Å². The van der Waals surface area contributed by atoms with E-state index in [1.165, 1.54) is 12.1 Å². The van der Waals surface area contributed by atoms with E-state index in [2.05, 4.69) is 10.6 Å². The lowest BCUT2D eigenvalue weighted by molar-refractivity contribution is -0.385. The summed E-state index contributed by atoms with van der Waals surface area (Å²) in [5.74, 6) is -0.411. The van der Waals surface area contributed by atoms with E-state index < -0.39 is 10.8 Å². The van der Waals surface area contributed by atoms with E-state index in [0.717, 1.165) is 19.4 Å². The minimum atomic E-state index is -0.533. The summed E-state index contributed by atoms with van der Waals surface area (Å²) in [6, 6.07) is 4.50. The highest BCUT2D eigenvalue weighted by Crippen LogP contribution is 2.23. The maximum absolute atomic E-state index is 12.1. The Hall–Kier alpha value is -2.11. The van der Waals surface area contributed by atoms with Crippen LogP contribution in [0.2, 0.25) is 0 Å². The number of nitro groups is 1. The van der Waals surface area contributed by atoms with E-state index in [-0.39, 0.29) is 17.3 Å². The van der Waals surface area contributed by atoms with Crippen molar-refractivity contribution in [2.24, 2.45) is 0 Å². The van der Waals surface area contributed by atoms with Crippen LogP contribution in [0.5, 0.6) is 0 Å². The maximum Gasteiger partial charge on any atom is 0.282 e. The molecule has 0 aromatic heterocycles. The second-order valence-corrected chi connectivity index (χ2v) is 4.70. The van der Waals surface area contributed by atoms with Crippen LogP contribution < -0.4 is 10.6 Å². The molecule has 1 atom stereocenters. The van der Waals surface area contributed by atoms with Crippen LogP contribution in [-0.2, 0) is 0 Å². The van der Waals surface area contributed by atoms with Crippen LogP contribution in [-0.4, -0.2) is 23.4 Å². The molecule has 0 radical (unpaired) electrons. The van der Waals surface area contributed by atoms with Crippen LogP contribution in [0.25, 0.3) is 0 Å². The molecule has 2 N–H and O–H groups in total. The Kier molecular flexibility index (Phi) is 5.96. The Balaban J connectivity index is 3.05. The van der Waals surface area contributed by atoms with E-state index in [9.17, 15) is 14.9 Å². The third kappa shape index (κ3) is 4.22. The van der Waals surface area contributed by atoms with Crippen LogP contribution in [0.1, 0.15) is 44.0 Å². The maximum atomic E-state index is 12.1. The van der Waals surface area contributed by atoms with Crippen LogP contribution in [0.15, 0.2) is 18.2 Å². The van der Waals surface area contributed by atoms with Gasteiger partial charge in [-0.1, -0.05) is 13.8 Å². The Morgan fingerprint density at radius 2 is 2.10 bits per heavy atom. The van der Waals surface area contributed by atoms with Crippen molar-refractivity contribution >= 4 is 17.3 Å². The van der Waals surface area contributed by atoms with Gasteiger partial charge in [-0.2, -0.15) is 0 Å². The van der Waals surface area contributed by atoms with Gasteiger partial charge in [-0.3, -0.25) is 14.9 Å². The number of anilines is 1. The zero-order chi connectivity index (χ0) is 15.1. The molecule has 6 heteroatoms. The fraction of sp³-hybridized carbons (Fsp3) is 0.500. The molecule has 0 saturated carbocycles. The average Bonchev–Trinajstić information content (AvgIpc) is 2.44. The van der Waals surface area contributed by atoms with E-state index in [0.29, 0.717) is 5.69 Å². The van der Waals surface area contributed by atoms with Crippen molar-refractivity contribution < 1.29 is 9.72 Å². The van der Waals surface area contributed by atoms with Gasteiger partial charge in [0.15, 0.2) is 0 Å². The van der Waals surface area contributed by atoms with Gasteiger partial charge >= 0.3 is 0 Å². The summed E-state index contributed by atoms with van der Waals surface area (Å²) >= 11 is 0. The smallest absolute Gasteiger partial charge is 0.282 e. The summed E-state index contributed by atoms with van der Waals surface area (Å²) in [5.41, 5.74) is 0.635. The first kappa shape index (κ1) is 15.9. The van der Waals surface area contributed by atoms with E-state index >= 15 is 0 Å². The predicted molar refractivity (Wildman–Crippen MR) is 79.1 cm³/mol. The van der Waals surface area contributed by atoms with Gasteiger partial charge in [0.1, 0.15) is 5.56 Å². The highest BCUT2D eigenvalue weighted by molar-refractivity contribution is 5.99. The fourth-order valence-corrected chi connectivity index (χ4v) is 1.66. The van der Waals surface area contributed by atoms with Crippen LogP contribution in [0, 0.1) is 10.1 Å². The Labute approximate surface area is 118 Å². The molecule has 20 heavy (non-hydrogen) atoms. The molecule has 6 nitrogen and oxygen atoms in total. The topological polar surface area (TPSA) is 84.3 Å². The largest absolute Gasteiger partial charge is 0.385 e. The van der Waals surface area contributed by atoms with Crippen LogP contribution in [0.3, 0.4) is 0 Å². The molecule has 0 bridgehead atoms. The van der Waals surface area contributed by atoms with Crippen LogP contribution in [0.4, 0.5) is 11.4 Å². The molecule has 0 heterocycles. The van der Waals surface area contributed by atoms with Crippen molar-refractivity contribution in [3.8, 4) is 0 Å². The summed E-state index contributed by atoms with van der Waals surface area (Å²) in [6.45, 7) is 6.58. The Morgan fingerprint density at radius 3 is 2.65 bits per heavy atom. The van der Waals surface area contributed by atoms with Gasteiger partial charge in [-0.05, 0) is 31.9 Å². The summed E-state index contributed by atoms with van der Waals surface area (Å²) in [7, 11) is 0. The molecule has 0 aliphatic rings. The first-order valence-electron chi connectivity index (χ1n) is 6.82. The highest BCUT2D eigenvalue weighted by atomic mass is 16.6. The molecule has 1 rings (SSSR count). The second-order valence-electron chi connectivity index (χ2n) is 4.70. The molecule has 110 valence electrons. The molecule has 1 unspecified atom stereocenters. The minimum absolute atomic E-state index is 0.0191. The predicted octanol–water partition coefficient (Wildman–Crippen LogP) is 2.95. The Bertz CT molecular complexity index is 489. The number of hydrogen-bond acceptors (Lipinski definition) is 4. The molecule has 1 aromatic carbocycles. The lowest BCUT2D eigenvalue weighted by Crippen LogP contribution is -2.32. The third-order valence-corrected chi connectivity index (χ3v) is 3.01. The molecule has 0 aliphatic carbocycles. The number of nitrogens with one attached hydrogen (secondary N) is 2. The fourth-order valence-electron chi connectivity index (χ4n) is 1.66. The lowest BCUT2D eigenvalue weighted by atomic mass is 10.1. The van der Waals surface area contributed by atoms with Crippen molar-refractivity contribution in [1.29, 1.82) is 0 Å². The standard InChI is InChI=1S/C14H21N3O3/c1-4-8-15-11-6-7-13(17(19)20)12(9-11)14(18)16-10(3)5-2/h6-7,9-10,15H,4-5,8H2,1-3H3,(H,16,18). The summed E-state index contributed by atoms with van der Waals surface area (Å²) in [4.78, 5) is 22.6. The number of hydrogen-bond donors (Lipinski definition) is 2. The van der Waals surface area contributed by atoms with E-state index in [1.807, 2.05) is 20.8 Å². The van der Waals surface area contributed by atoms with Gasteiger partial charge in [0, 0.05) is 24.3 Å². The normalized spacial score (nSPS) is 11.8. The SMILES string of the molecule is CCCNc1ccc([N+](=O)[O-])c(C(=O)NC(C)CC)c1. The van der Waals surface area contributed by atoms with Gasteiger partial charge in [-0.15, -0.1) is 0 Å². The zero-order valence-electron chi connectivity index (χ0n) is 12.1. The molecule has 0 fully saturated rings. The van der Waals surface area contributed by atoms with Crippen molar-refractivity contribution in [2.75, 3.05) is 11.9 Å². The molecule has 1 aromatic rings. The minimum Gasteiger partial charge on any atom is -0.385 e. The summed E-state index contributed by atoms with van der Waals surface area (Å²) < 4.78 is 0. The van der Waals surface area contributed by atoms with Gasteiger partial charge in [0.25, 0.3) is 11.6 Å². The number of rotatable bonds is 7. The molecule has 0 spiro atoms. The number of nitrogens with zero attached hydrogens (tertiary/aromatic N) is 1. The lowest BCUT2D eigenvalue weighted by Gasteiger charge is -2.12. The number of amides is 1. The number of benzene rings is 1. The molecular formula is C14H21N3O3. The molecular weight excluding hydrogens is 258 g/mol. The third-order valence-electron chi connectivity index (χ3n) is 3.01. The number of carbonyl (C=O) groups is 1. The second kappa shape index (κ2) is 7.47. The number of carbonyl (C=O) groups excluding carboxylic acids is 1. The van der Waals surface area contributed by atoms with Crippen LogP contribution >= 0.6 is 0 Å². The summed E-state index contributed by atoms with van der Waals surface area (Å²) in [5, 5.41) is 16.9. The summed E-state index contributed by atoms with van der Waals surface area (Å²) in [6.07, 6.45) is 1.71. The molecule has 0 saturated heterocycles. The quantitative estimate of drug-likeness (QED) is 0.593. The zero-order valence-corrected chi connectivity index (χ0v) is 12.1. The number of nitro benzene ring substituents is 1. The van der Waals surface area contributed by atoms with Crippen molar-refractivity contribution in [3.63, 3.8) is 0 Å². The van der Waals surface area contributed by atoms with Gasteiger partial charge in [0.05, 0.1) is 4.92 Å². The Morgan fingerprint density at radius 1 is 1.40 bits per heavy atom. The highest BCUT2D eigenvalue weighted by Gasteiger charge is 2.21. The van der Waals surface area contributed by atoms with Gasteiger partial charge < -0.3 is 10.6 Å².